The van der Waals surface area contributed by atoms with Gasteiger partial charge in [-0.25, -0.2) is 0 Å². The van der Waals surface area contributed by atoms with E-state index in [1.165, 1.54) is 5.56 Å². The molecule has 0 saturated carbocycles. The quantitative estimate of drug-likeness (QED) is 0.754. The molecule has 1 aromatic carbocycles. The lowest BCUT2D eigenvalue weighted by atomic mass is 9.99. The Labute approximate surface area is 110 Å². The Morgan fingerprint density at radius 1 is 1.33 bits per heavy atom. The van der Waals surface area contributed by atoms with Crippen LogP contribution in [0.4, 0.5) is 0 Å². The van der Waals surface area contributed by atoms with Crippen molar-refractivity contribution >= 4 is 5.91 Å². The van der Waals surface area contributed by atoms with E-state index in [-0.39, 0.29) is 5.91 Å². The second-order valence-electron chi connectivity index (χ2n) is 4.50. The number of ether oxygens (including phenoxy) is 1. The first-order valence-corrected chi connectivity index (χ1v) is 6.60. The van der Waals surface area contributed by atoms with Gasteiger partial charge in [-0.05, 0) is 36.5 Å². The molecule has 3 heteroatoms. The maximum absolute atomic E-state index is 11.0. The number of nitrogens with one attached hydrogen (secondary N) is 1. The van der Waals surface area contributed by atoms with Crippen molar-refractivity contribution in [3.63, 3.8) is 0 Å². The number of rotatable bonds is 7. The van der Waals surface area contributed by atoms with Crippen molar-refractivity contribution < 1.29 is 9.53 Å². The second-order valence-corrected chi connectivity index (χ2v) is 4.50. The fourth-order valence-corrected chi connectivity index (χ4v) is 1.68. The van der Waals surface area contributed by atoms with Crippen LogP contribution < -0.4 is 10.1 Å². The molecule has 0 heterocycles. The predicted octanol–water partition coefficient (Wildman–Crippen LogP) is 3.11. The molecule has 1 unspecified atom stereocenters. The van der Waals surface area contributed by atoms with Crippen LogP contribution in [0, 0.1) is 0 Å². The second kappa shape index (κ2) is 7.75. The van der Waals surface area contributed by atoms with E-state index in [9.17, 15) is 4.79 Å². The van der Waals surface area contributed by atoms with E-state index in [2.05, 4.69) is 31.3 Å². The van der Waals surface area contributed by atoms with Crippen molar-refractivity contribution in [1.29, 1.82) is 0 Å². The summed E-state index contributed by atoms with van der Waals surface area (Å²) in [6, 6.07) is 8.23. The van der Waals surface area contributed by atoms with Gasteiger partial charge in [-0.1, -0.05) is 26.0 Å². The first kappa shape index (κ1) is 14.6. The Hall–Kier alpha value is -1.51. The molecule has 0 fully saturated rings. The van der Waals surface area contributed by atoms with Gasteiger partial charge in [0.2, 0.25) is 5.91 Å². The van der Waals surface area contributed by atoms with Gasteiger partial charge in [0.25, 0.3) is 0 Å². The minimum Gasteiger partial charge on any atom is -0.494 e. The molecule has 1 aromatic rings. The van der Waals surface area contributed by atoms with Crippen LogP contribution in [0.5, 0.6) is 5.75 Å². The Kier molecular flexibility index (Phi) is 6.26. The normalized spacial score (nSPS) is 11.9. The topological polar surface area (TPSA) is 38.3 Å². The van der Waals surface area contributed by atoms with Crippen LogP contribution in [0.3, 0.4) is 0 Å². The molecule has 0 aliphatic heterocycles. The molecule has 0 aliphatic carbocycles. The molecule has 0 spiro atoms. The SMILES string of the molecule is CCC(C)c1ccc(OCCCC(=O)NC)cc1. The van der Waals surface area contributed by atoms with Gasteiger partial charge in [-0.15, -0.1) is 0 Å². The lowest BCUT2D eigenvalue weighted by Crippen LogP contribution is -2.18. The summed E-state index contributed by atoms with van der Waals surface area (Å²) in [5, 5.41) is 2.60. The van der Waals surface area contributed by atoms with Gasteiger partial charge in [0.15, 0.2) is 0 Å². The van der Waals surface area contributed by atoms with Crippen molar-refractivity contribution in [2.75, 3.05) is 13.7 Å². The number of hydrogen-bond acceptors (Lipinski definition) is 2. The van der Waals surface area contributed by atoms with E-state index in [0.29, 0.717) is 18.9 Å². The fourth-order valence-electron chi connectivity index (χ4n) is 1.68. The molecule has 18 heavy (non-hydrogen) atoms. The third-order valence-corrected chi connectivity index (χ3v) is 3.16. The maximum Gasteiger partial charge on any atom is 0.219 e. The van der Waals surface area contributed by atoms with Crippen LogP contribution in [-0.2, 0) is 4.79 Å². The van der Waals surface area contributed by atoms with Gasteiger partial charge in [0.05, 0.1) is 6.61 Å². The van der Waals surface area contributed by atoms with E-state index in [1.807, 2.05) is 12.1 Å². The maximum atomic E-state index is 11.0. The first-order chi connectivity index (χ1) is 8.67. The summed E-state index contributed by atoms with van der Waals surface area (Å²) < 4.78 is 5.59. The van der Waals surface area contributed by atoms with Gasteiger partial charge >= 0.3 is 0 Å². The minimum absolute atomic E-state index is 0.0609. The van der Waals surface area contributed by atoms with Crippen molar-refractivity contribution in [3.8, 4) is 5.75 Å². The average molecular weight is 249 g/mol. The minimum atomic E-state index is 0.0609. The molecule has 3 nitrogen and oxygen atoms in total. The van der Waals surface area contributed by atoms with Crippen molar-refractivity contribution in [3.05, 3.63) is 29.8 Å². The first-order valence-electron chi connectivity index (χ1n) is 6.60. The monoisotopic (exact) mass is 249 g/mol. The van der Waals surface area contributed by atoms with E-state index in [4.69, 9.17) is 4.74 Å². The van der Waals surface area contributed by atoms with Gasteiger partial charge in [0.1, 0.15) is 5.75 Å². The van der Waals surface area contributed by atoms with Gasteiger partial charge in [0, 0.05) is 13.5 Å². The van der Waals surface area contributed by atoms with Crippen molar-refractivity contribution in [2.45, 2.75) is 39.0 Å². The molecule has 1 amide bonds. The highest BCUT2D eigenvalue weighted by atomic mass is 16.5. The van der Waals surface area contributed by atoms with Crippen molar-refractivity contribution in [2.24, 2.45) is 0 Å². The summed E-state index contributed by atoms with van der Waals surface area (Å²) in [4.78, 5) is 11.0. The fraction of sp³-hybridized carbons (Fsp3) is 0.533. The third kappa shape index (κ3) is 4.78. The zero-order valence-corrected chi connectivity index (χ0v) is 11.5. The summed E-state index contributed by atoms with van der Waals surface area (Å²) in [5.74, 6) is 1.52. The molecule has 0 radical (unpaired) electrons. The summed E-state index contributed by atoms with van der Waals surface area (Å²) in [6.07, 6.45) is 2.40. The highest BCUT2D eigenvalue weighted by Crippen LogP contribution is 2.21. The number of hydrogen-bond donors (Lipinski definition) is 1. The number of benzene rings is 1. The largest absolute Gasteiger partial charge is 0.494 e. The molecule has 1 atom stereocenters. The third-order valence-electron chi connectivity index (χ3n) is 3.16. The van der Waals surface area contributed by atoms with Crippen LogP contribution in [0.15, 0.2) is 24.3 Å². The summed E-state index contributed by atoms with van der Waals surface area (Å²) in [6.45, 7) is 4.99. The van der Waals surface area contributed by atoms with E-state index in [1.54, 1.807) is 7.05 Å². The zero-order chi connectivity index (χ0) is 13.4. The highest BCUT2D eigenvalue weighted by molar-refractivity contribution is 5.75. The van der Waals surface area contributed by atoms with Crippen LogP contribution in [0.25, 0.3) is 0 Å². The van der Waals surface area contributed by atoms with Crippen LogP contribution in [0.1, 0.15) is 44.6 Å². The van der Waals surface area contributed by atoms with E-state index < -0.39 is 0 Å². The molecule has 100 valence electrons. The predicted molar refractivity (Wildman–Crippen MR) is 73.9 cm³/mol. The summed E-state index contributed by atoms with van der Waals surface area (Å²) >= 11 is 0. The van der Waals surface area contributed by atoms with E-state index >= 15 is 0 Å². The van der Waals surface area contributed by atoms with Gasteiger partial charge < -0.3 is 10.1 Å². The Morgan fingerprint density at radius 3 is 2.56 bits per heavy atom. The molecule has 0 bridgehead atoms. The van der Waals surface area contributed by atoms with Gasteiger partial charge in [-0.2, -0.15) is 0 Å². The standard InChI is InChI=1S/C15H23NO2/c1-4-12(2)13-7-9-14(10-8-13)18-11-5-6-15(17)16-3/h7-10,12H,4-6,11H2,1-3H3,(H,16,17). The lowest BCUT2D eigenvalue weighted by molar-refractivity contribution is -0.120. The Bertz CT molecular complexity index is 359. The molecule has 0 saturated heterocycles. The smallest absolute Gasteiger partial charge is 0.219 e. The van der Waals surface area contributed by atoms with E-state index in [0.717, 1.165) is 18.6 Å². The van der Waals surface area contributed by atoms with Crippen molar-refractivity contribution in [1.82, 2.24) is 5.32 Å². The van der Waals surface area contributed by atoms with Gasteiger partial charge in [-0.3, -0.25) is 4.79 Å². The molecular formula is C15H23NO2. The highest BCUT2D eigenvalue weighted by Gasteiger charge is 2.03. The lowest BCUT2D eigenvalue weighted by Gasteiger charge is -2.10. The molecule has 0 aliphatic rings. The number of carbonyl (C=O) groups excluding carboxylic acids is 1. The molecular weight excluding hydrogens is 226 g/mol. The molecule has 1 rings (SSSR count). The average Bonchev–Trinajstić information content (AvgIpc) is 2.43. The zero-order valence-electron chi connectivity index (χ0n) is 11.5. The number of carbonyl (C=O) groups is 1. The molecule has 1 N–H and O–H groups in total. The Morgan fingerprint density at radius 2 is 2.00 bits per heavy atom. The van der Waals surface area contributed by atoms with Crippen LogP contribution >= 0.6 is 0 Å². The Balaban J connectivity index is 2.33. The van der Waals surface area contributed by atoms with Crippen LogP contribution in [-0.4, -0.2) is 19.6 Å². The van der Waals surface area contributed by atoms with Crippen LogP contribution in [0.2, 0.25) is 0 Å². The number of amides is 1. The molecule has 0 aromatic heterocycles. The summed E-state index contributed by atoms with van der Waals surface area (Å²) in [5.41, 5.74) is 1.34. The summed E-state index contributed by atoms with van der Waals surface area (Å²) in [7, 11) is 1.65.